The maximum Gasteiger partial charge on any atom is 0.343 e. The average Bonchev–Trinajstić information content (AvgIpc) is 3.25. The molecule has 2 heterocycles. The molecule has 0 aliphatic heterocycles. The predicted octanol–water partition coefficient (Wildman–Crippen LogP) is 2.90. The molecule has 2 aromatic rings. The molecule has 1 fully saturated rings. The molecule has 1 N–H and O–H groups in total. The number of ether oxygens (including phenoxy) is 2. The average molecular weight is 319 g/mol. The van der Waals surface area contributed by atoms with Crippen molar-refractivity contribution in [3.8, 4) is 5.88 Å². The molecule has 3 rings (SSSR count). The normalized spacial score (nSPS) is 15.2. The summed E-state index contributed by atoms with van der Waals surface area (Å²) in [5.74, 6) is 1.04. The molecule has 116 valence electrons. The summed E-state index contributed by atoms with van der Waals surface area (Å²) in [6.45, 7) is 0. The van der Waals surface area contributed by atoms with E-state index in [0.717, 1.165) is 5.01 Å². The molecule has 2 aromatic heterocycles. The number of pyridine rings is 1. The molecule has 6 nitrogen and oxygen atoms in total. The Balaban J connectivity index is 1.84. The fourth-order valence-electron chi connectivity index (χ4n) is 2.30. The van der Waals surface area contributed by atoms with Crippen LogP contribution in [0.3, 0.4) is 0 Å². The SMILES string of the molecule is COC(=O)c1ccc(NC(c2nccs2)C2CC2)nc1OC. The summed E-state index contributed by atoms with van der Waals surface area (Å²) >= 11 is 1.63. The molecule has 0 saturated heterocycles. The van der Waals surface area contributed by atoms with Gasteiger partial charge < -0.3 is 14.8 Å². The van der Waals surface area contributed by atoms with Crippen molar-refractivity contribution in [1.29, 1.82) is 0 Å². The molecule has 0 radical (unpaired) electrons. The number of rotatable bonds is 6. The minimum absolute atomic E-state index is 0.154. The van der Waals surface area contributed by atoms with Gasteiger partial charge in [-0.2, -0.15) is 4.98 Å². The number of nitrogens with zero attached hydrogens (tertiary/aromatic N) is 2. The third kappa shape index (κ3) is 3.04. The zero-order valence-corrected chi connectivity index (χ0v) is 13.2. The molecule has 1 atom stereocenters. The number of hydrogen-bond donors (Lipinski definition) is 1. The van der Waals surface area contributed by atoms with Gasteiger partial charge in [-0.1, -0.05) is 0 Å². The van der Waals surface area contributed by atoms with Crippen LogP contribution in [0.1, 0.15) is 34.2 Å². The van der Waals surface area contributed by atoms with Gasteiger partial charge in [-0.25, -0.2) is 9.78 Å². The minimum atomic E-state index is -0.463. The van der Waals surface area contributed by atoms with Gasteiger partial charge in [0, 0.05) is 11.6 Å². The zero-order chi connectivity index (χ0) is 15.5. The van der Waals surface area contributed by atoms with E-state index < -0.39 is 5.97 Å². The van der Waals surface area contributed by atoms with Crippen molar-refractivity contribution in [2.75, 3.05) is 19.5 Å². The molecule has 1 saturated carbocycles. The molecular formula is C15H17N3O3S. The third-order valence-electron chi connectivity index (χ3n) is 3.57. The van der Waals surface area contributed by atoms with Gasteiger partial charge in [0.2, 0.25) is 5.88 Å². The Kier molecular flexibility index (Phi) is 4.24. The van der Waals surface area contributed by atoms with Gasteiger partial charge in [0.15, 0.2) is 0 Å². The highest BCUT2D eigenvalue weighted by atomic mass is 32.1. The van der Waals surface area contributed by atoms with Crippen molar-refractivity contribution in [1.82, 2.24) is 9.97 Å². The lowest BCUT2D eigenvalue weighted by Crippen LogP contribution is -2.14. The van der Waals surface area contributed by atoms with Gasteiger partial charge in [0.05, 0.1) is 20.3 Å². The fourth-order valence-corrected chi connectivity index (χ4v) is 3.08. The van der Waals surface area contributed by atoms with E-state index in [1.807, 2.05) is 11.6 Å². The maximum absolute atomic E-state index is 11.7. The topological polar surface area (TPSA) is 73.3 Å². The van der Waals surface area contributed by atoms with E-state index in [1.54, 1.807) is 23.5 Å². The molecule has 1 aliphatic rings. The number of carbonyl (C=O) groups excluding carboxylic acids is 1. The second kappa shape index (κ2) is 6.31. The molecular weight excluding hydrogens is 302 g/mol. The third-order valence-corrected chi connectivity index (χ3v) is 4.43. The highest BCUT2D eigenvalue weighted by Gasteiger charge is 2.34. The van der Waals surface area contributed by atoms with Crippen molar-refractivity contribution in [2.24, 2.45) is 5.92 Å². The Morgan fingerprint density at radius 1 is 1.41 bits per heavy atom. The summed E-state index contributed by atoms with van der Waals surface area (Å²) in [4.78, 5) is 20.4. The van der Waals surface area contributed by atoms with Crippen LogP contribution >= 0.6 is 11.3 Å². The van der Waals surface area contributed by atoms with Crippen LogP contribution in [0.15, 0.2) is 23.7 Å². The van der Waals surface area contributed by atoms with E-state index in [4.69, 9.17) is 9.47 Å². The molecule has 7 heteroatoms. The monoisotopic (exact) mass is 319 g/mol. The summed E-state index contributed by atoms with van der Waals surface area (Å²) in [7, 11) is 2.82. The van der Waals surface area contributed by atoms with Crippen LogP contribution in [0.2, 0.25) is 0 Å². The first kappa shape index (κ1) is 14.8. The highest BCUT2D eigenvalue weighted by Crippen LogP contribution is 2.43. The molecule has 0 bridgehead atoms. The zero-order valence-electron chi connectivity index (χ0n) is 12.4. The number of aromatic nitrogens is 2. The lowest BCUT2D eigenvalue weighted by Gasteiger charge is -2.17. The van der Waals surface area contributed by atoms with E-state index in [2.05, 4.69) is 15.3 Å². The van der Waals surface area contributed by atoms with E-state index in [1.165, 1.54) is 27.1 Å². The number of esters is 1. The standard InChI is InChI=1S/C15H17N3O3S/c1-20-13-10(15(19)21-2)5-6-11(18-13)17-12(9-3-4-9)14-16-7-8-22-14/h5-9,12H,3-4H2,1-2H3,(H,17,18). The van der Waals surface area contributed by atoms with Crippen LogP contribution in [0, 0.1) is 5.92 Å². The van der Waals surface area contributed by atoms with Crippen molar-refractivity contribution >= 4 is 23.1 Å². The van der Waals surface area contributed by atoms with Crippen LogP contribution in [0.25, 0.3) is 0 Å². The molecule has 0 amide bonds. The highest BCUT2D eigenvalue weighted by molar-refractivity contribution is 7.09. The van der Waals surface area contributed by atoms with E-state index in [0.29, 0.717) is 17.3 Å². The number of hydrogen-bond acceptors (Lipinski definition) is 7. The Morgan fingerprint density at radius 2 is 2.23 bits per heavy atom. The van der Waals surface area contributed by atoms with E-state index in [9.17, 15) is 4.79 Å². The summed E-state index contributed by atoms with van der Waals surface area (Å²) in [5, 5.41) is 6.44. The fraction of sp³-hybridized carbons (Fsp3) is 0.400. The maximum atomic E-state index is 11.7. The second-order valence-electron chi connectivity index (χ2n) is 5.07. The van der Waals surface area contributed by atoms with Crippen molar-refractivity contribution < 1.29 is 14.3 Å². The molecule has 0 spiro atoms. The molecule has 22 heavy (non-hydrogen) atoms. The largest absolute Gasteiger partial charge is 0.480 e. The Morgan fingerprint density at radius 3 is 2.82 bits per heavy atom. The quantitative estimate of drug-likeness (QED) is 0.825. The van der Waals surface area contributed by atoms with Crippen LogP contribution < -0.4 is 10.1 Å². The summed E-state index contributed by atoms with van der Waals surface area (Å²) in [6, 6.07) is 3.57. The lowest BCUT2D eigenvalue weighted by atomic mass is 10.2. The summed E-state index contributed by atoms with van der Waals surface area (Å²) < 4.78 is 9.91. The van der Waals surface area contributed by atoms with Crippen LogP contribution in [0.4, 0.5) is 5.82 Å². The van der Waals surface area contributed by atoms with Crippen molar-refractivity contribution in [3.05, 3.63) is 34.3 Å². The van der Waals surface area contributed by atoms with Crippen LogP contribution in [-0.4, -0.2) is 30.2 Å². The molecule has 1 unspecified atom stereocenters. The molecule has 0 aromatic carbocycles. The van der Waals surface area contributed by atoms with Crippen LogP contribution in [-0.2, 0) is 4.74 Å². The first-order chi connectivity index (χ1) is 10.7. The number of carbonyl (C=O) groups is 1. The van der Waals surface area contributed by atoms with Crippen molar-refractivity contribution in [3.63, 3.8) is 0 Å². The first-order valence-corrected chi connectivity index (χ1v) is 7.90. The minimum Gasteiger partial charge on any atom is -0.480 e. The predicted molar refractivity (Wildman–Crippen MR) is 83.3 cm³/mol. The van der Waals surface area contributed by atoms with Crippen LogP contribution in [0.5, 0.6) is 5.88 Å². The number of nitrogens with one attached hydrogen (secondary N) is 1. The Bertz CT molecular complexity index is 656. The first-order valence-electron chi connectivity index (χ1n) is 7.02. The lowest BCUT2D eigenvalue weighted by molar-refractivity contribution is 0.0596. The number of methoxy groups -OCH3 is 2. The van der Waals surface area contributed by atoms with Gasteiger partial charge in [0.25, 0.3) is 0 Å². The van der Waals surface area contributed by atoms with E-state index in [-0.39, 0.29) is 11.9 Å². The smallest absolute Gasteiger partial charge is 0.343 e. The Hall–Kier alpha value is -2.15. The second-order valence-corrected chi connectivity index (χ2v) is 6.00. The Labute approximate surface area is 132 Å². The van der Waals surface area contributed by atoms with E-state index >= 15 is 0 Å². The molecule has 1 aliphatic carbocycles. The van der Waals surface area contributed by atoms with Crippen molar-refractivity contribution in [2.45, 2.75) is 18.9 Å². The summed E-state index contributed by atoms with van der Waals surface area (Å²) in [5.41, 5.74) is 0.313. The van der Waals surface area contributed by atoms with Gasteiger partial charge >= 0.3 is 5.97 Å². The van der Waals surface area contributed by atoms with Gasteiger partial charge in [-0.15, -0.1) is 11.3 Å². The van der Waals surface area contributed by atoms with Gasteiger partial charge in [-0.3, -0.25) is 0 Å². The van der Waals surface area contributed by atoms with Gasteiger partial charge in [-0.05, 0) is 30.9 Å². The number of thiazole rings is 1. The summed E-state index contributed by atoms with van der Waals surface area (Å²) in [6.07, 6.45) is 4.19. The number of anilines is 1. The van der Waals surface area contributed by atoms with Gasteiger partial charge in [0.1, 0.15) is 16.4 Å².